The third-order valence-electron chi connectivity index (χ3n) is 5.72. The number of rotatable bonds is 4. The number of fused-ring (bicyclic) bond motifs is 1. The number of benzene rings is 2. The number of piperidine rings is 1. The largest absolute Gasteiger partial charge is 0.454 e. The van der Waals surface area contributed by atoms with Crippen molar-refractivity contribution in [3.8, 4) is 22.9 Å². The van der Waals surface area contributed by atoms with E-state index in [0.717, 1.165) is 29.7 Å². The maximum absolute atomic E-state index is 12.5. The van der Waals surface area contributed by atoms with E-state index in [0.29, 0.717) is 30.6 Å². The first-order valence-corrected chi connectivity index (χ1v) is 10.4. The van der Waals surface area contributed by atoms with Gasteiger partial charge in [0.25, 0.3) is 0 Å². The van der Waals surface area contributed by atoms with Crippen LogP contribution in [0.5, 0.6) is 11.5 Å². The summed E-state index contributed by atoms with van der Waals surface area (Å²) in [5, 5.41) is 4.14. The lowest BCUT2D eigenvalue weighted by Crippen LogP contribution is -2.36. The summed E-state index contributed by atoms with van der Waals surface area (Å²) in [5.74, 6) is 2.75. The van der Waals surface area contributed by atoms with Gasteiger partial charge in [-0.3, -0.25) is 4.79 Å². The third-order valence-corrected chi connectivity index (χ3v) is 5.72. The lowest BCUT2D eigenvalue weighted by Gasteiger charge is -2.29. The van der Waals surface area contributed by atoms with Gasteiger partial charge in [0.15, 0.2) is 11.5 Å². The standard InChI is InChI=1S/C24H23N3O4/c1-16-2-4-17(5-3-16)6-9-22(28)27-12-10-18(11-13-27)24-25-23(26-31-24)19-7-8-20-21(14-19)30-15-29-20/h2-9,14,18H,10-13,15H2,1H3/b9-6+. The molecule has 0 N–H and O–H groups in total. The van der Waals surface area contributed by atoms with Gasteiger partial charge in [0.2, 0.25) is 24.4 Å². The summed E-state index contributed by atoms with van der Waals surface area (Å²) in [6, 6.07) is 13.7. The van der Waals surface area contributed by atoms with Gasteiger partial charge in [0, 0.05) is 30.6 Å². The van der Waals surface area contributed by atoms with Gasteiger partial charge in [0.1, 0.15) is 0 Å². The molecule has 3 heterocycles. The van der Waals surface area contributed by atoms with Crippen LogP contribution in [0.25, 0.3) is 17.5 Å². The number of carbonyl (C=O) groups is 1. The first-order chi connectivity index (χ1) is 15.2. The number of carbonyl (C=O) groups excluding carboxylic acids is 1. The summed E-state index contributed by atoms with van der Waals surface area (Å²) in [7, 11) is 0. The highest BCUT2D eigenvalue weighted by molar-refractivity contribution is 5.91. The van der Waals surface area contributed by atoms with Crippen LogP contribution in [0.2, 0.25) is 0 Å². The first kappa shape index (κ1) is 19.4. The minimum absolute atomic E-state index is 0.0330. The first-order valence-electron chi connectivity index (χ1n) is 10.4. The SMILES string of the molecule is Cc1ccc(/C=C/C(=O)N2CCC(c3nc(-c4ccc5c(c4)OCO5)no3)CC2)cc1. The van der Waals surface area contributed by atoms with Crippen LogP contribution in [0, 0.1) is 6.92 Å². The number of aryl methyl sites for hydroxylation is 1. The lowest BCUT2D eigenvalue weighted by molar-refractivity contribution is -0.127. The Kier molecular flexibility index (Phi) is 5.16. The Morgan fingerprint density at radius 1 is 1.06 bits per heavy atom. The van der Waals surface area contributed by atoms with Crippen LogP contribution in [0.3, 0.4) is 0 Å². The van der Waals surface area contributed by atoms with Crippen molar-refractivity contribution >= 4 is 12.0 Å². The Labute approximate surface area is 180 Å². The second-order valence-corrected chi connectivity index (χ2v) is 7.87. The van der Waals surface area contributed by atoms with E-state index >= 15 is 0 Å². The van der Waals surface area contributed by atoms with Gasteiger partial charge < -0.3 is 18.9 Å². The number of amides is 1. The van der Waals surface area contributed by atoms with Crippen LogP contribution in [-0.4, -0.2) is 40.8 Å². The van der Waals surface area contributed by atoms with Crippen molar-refractivity contribution in [3.05, 3.63) is 65.6 Å². The molecule has 0 atom stereocenters. The predicted octanol–water partition coefficient (Wildman–Crippen LogP) is 4.19. The number of nitrogens with zero attached hydrogens (tertiary/aromatic N) is 3. The van der Waals surface area contributed by atoms with E-state index in [4.69, 9.17) is 14.0 Å². The quantitative estimate of drug-likeness (QED) is 0.593. The zero-order valence-corrected chi connectivity index (χ0v) is 17.3. The Bertz CT molecular complexity index is 1110. The fraction of sp³-hybridized carbons (Fsp3) is 0.292. The lowest BCUT2D eigenvalue weighted by atomic mass is 9.96. The molecule has 3 aromatic rings. The van der Waals surface area contributed by atoms with E-state index in [9.17, 15) is 4.79 Å². The molecule has 5 rings (SSSR count). The third kappa shape index (κ3) is 4.17. The average Bonchev–Trinajstić information content (AvgIpc) is 3.48. The smallest absolute Gasteiger partial charge is 0.246 e. The Balaban J connectivity index is 1.19. The highest BCUT2D eigenvalue weighted by Gasteiger charge is 2.27. The highest BCUT2D eigenvalue weighted by Crippen LogP contribution is 2.36. The van der Waals surface area contributed by atoms with Gasteiger partial charge in [-0.25, -0.2) is 0 Å². The van der Waals surface area contributed by atoms with E-state index < -0.39 is 0 Å². The van der Waals surface area contributed by atoms with Gasteiger partial charge in [-0.05, 0) is 49.6 Å². The number of ether oxygens (including phenoxy) is 2. The van der Waals surface area contributed by atoms with Crippen LogP contribution < -0.4 is 9.47 Å². The summed E-state index contributed by atoms with van der Waals surface area (Å²) in [4.78, 5) is 19.0. The van der Waals surface area contributed by atoms with Crippen molar-refractivity contribution in [1.29, 1.82) is 0 Å². The Morgan fingerprint density at radius 2 is 1.84 bits per heavy atom. The molecular weight excluding hydrogens is 394 g/mol. The number of hydrogen-bond donors (Lipinski definition) is 0. The van der Waals surface area contributed by atoms with Crippen molar-refractivity contribution in [2.24, 2.45) is 0 Å². The van der Waals surface area contributed by atoms with Gasteiger partial charge in [-0.2, -0.15) is 4.98 Å². The molecule has 0 unspecified atom stereocenters. The maximum atomic E-state index is 12.5. The number of aromatic nitrogens is 2. The second-order valence-electron chi connectivity index (χ2n) is 7.87. The zero-order valence-electron chi connectivity index (χ0n) is 17.3. The molecule has 1 aromatic heterocycles. The van der Waals surface area contributed by atoms with Crippen molar-refractivity contribution in [3.63, 3.8) is 0 Å². The molecule has 0 saturated carbocycles. The van der Waals surface area contributed by atoms with E-state index in [-0.39, 0.29) is 18.6 Å². The summed E-state index contributed by atoms with van der Waals surface area (Å²) < 4.78 is 16.3. The van der Waals surface area contributed by atoms with Crippen LogP contribution in [-0.2, 0) is 4.79 Å². The molecule has 0 spiro atoms. The molecule has 1 fully saturated rings. The molecule has 2 aliphatic rings. The molecule has 31 heavy (non-hydrogen) atoms. The van der Waals surface area contributed by atoms with E-state index in [1.807, 2.05) is 60.4 Å². The van der Waals surface area contributed by atoms with Crippen LogP contribution in [0.1, 0.15) is 35.8 Å². The molecule has 0 radical (unpaired) electrons. The monoisotopic (exact) mass is 417 g/mol. The fourth-order valence-corrected chi connectivity index (χ4v) is 3.85. The average molecular weight is 417 g/mol. The molecule has 0 bridgehead atoms. The number of likely N-dealkylation sites (tertiary alicyclic amines) is 1. The summed E-state index contributed by atoms with van der Waals surface area (Å²) >= 11 is 0. The molecular formula is C24H23N3O4. The Hall–Kier alpha value is -3.61. The maximum Gasteiger partial charge on any atom is 0.246 e. The normalized spacial score (nSPS) is 16.2. The molecule has 0 aliphatic carbocycles. The van der Waals surface area contributed by atoms with Crippen LogP contribution in [0.15, 0.2) is 53.1 Å². The van der Waals surface area contributed by atoms with Gasteiger partial charge in [-0.15, -0.1) is 0 Å². The summed E-state index contributed by atoms with van der Waals surface area (Å²) in [6.07, 6.45) is 5.11. The minimum atomic E-state index is 0.0330. The van der Waals surface area contributed by atoms with Crippen molar-refractivity contribution < 1.29 is 18.8 Å². The zero-order chi connectivity index (χ0) is 21.2. The van der Waals surface area contributed by atoms with Gasteiger partial charge >= 0.3 is 0 Å². The molecule has 2 aliphatic heterocycles. The van der Waals surface area contributed by atoms with Crippen LogP contribution >= 0.6 is 0 Å². The molecule has 1 amide bonds. The van der Waals surface area contributed by atoms with E-state index in [1.165, 1.54) is 5.56 Å². The predicted molar refractivity (Wildman–Crippen MR) is 115 cm³/mol. The fourth-order valence-electron chi connectivity index (χ4n) is 3.85. The van der Waals surface area contributed by atoms with Crippen molar-refractivity contribution in [2.75, 3.05) is 19.9 Å². The summed E-state index contributed by atoms with van der Waals surface area (Å²) in [5.41, 5.74) is 3.05. The topological polar surface area (TPSA) is 77.7 Å². The van der Waals surface area contributed by atoms with Crippen molar-refractivity contribution in [2.45, 2.75) is 25.7 Å². The Morgan fingerprint density at radius 3 is 2.65 bits per heavy atom. The van der Waals surface area contributed by atoms with E-state index in [2.05, 4.69) is 10.1 Å². The number of hydrogen-bond acceptors (Lipinski definition) is 6. The molecule has 7 nitrogen and oxygen atoms in total. The van der Waals surface area contributed by atoms with Gasteiger partial charge in [0.05, 0.1) is 0 Å². The van der Waals surface area contributed by atoms with Crippen LogP contribution in [0.4, 0.5) is 0 Å². The second kappa shape index (κ2) is 8.26. The highest BCUT2D eigenvalue weighted by atomic mass is 16.7. The molecule has 158 valence electrons. The molecule has 1 saturated heterocycles. The van der Waals surface area contributed by atoms with E-state index in [1.54, 1.807) is 6.08 Å². The molecule has 2 aromatic carbocycles. The summed E-state index contributed by atoms with van der Waals surface area (Å²) in [6.45, 7) is 3.62. The minimum Gasteiger partial charge on any atom is -0.454 e. The van der Waals surface area contributed by atoms with Gasteiger partial charge in [-0.1, -0.05) is 35.0 Å². The molecule has 7 heteroatoms. The van der Waals surface area contributed by atoms with Crippen molar-refractivity contribution in [1.82, 2.24) is 15.0 Å².